The smallest absolute Gasteiger partial charge is 0.303 e. The van der Waals surface area contributed by atoms with Gasteiger partial charge in [0.15, 0.2) is 0 Å². The molecule has 6 aromatic rings. The van der Waals surface area contributed by atoms with Gasteiger partial charge < -0.3 is 29.5 Å². The van der Waals surface area contributed by atoms with Gasteiger partial charge in [0.2, 0.25) is 11.8 Å². The second-order valence-electron chi connectivity index (χ2n) is 15.1. The summed E-state index contributed by atoms with van der Waals surface area (Å²) < 4.78 is 12.0. The maximum Gasteiger partial charge on any atom is 0.303 e. The van der Waals surface area contributed by atoms with E-state index in [2.05, 4.69) is 0 Å². The third-order valence-corrected chi connectivity index (χ3v) is 10.9. The van der Waals surface area contributed by atoms with Crippen LogP contribution in [0.5, 0.6) is 23.0 Å². The van der Waals surface area contributed by atoms with E-state index in [1.807, 2.05) is 170 Å². The summed E-state index contributed by atoms with van der Waals surface area (Å²) in [6.45, 7) is 0.693. The number of rotatable bonds is 18. The molecule has 0 heterocycles. The summed E-state index contributed by atoms with van der Waals surface area (Å²) >= 11 is 0. The third kappa shape index (κ3) is 10.6. The maximum absolute atomic E-state index is 15.1. The molecule has 60 heavy (non-hydrogen) atoms. The molecule has 0 spiro atoms. The van der Waals surface area contributed by atoms with Crippen molar-refractivity contribution in [1.29, 1.82) is 0 Å². The Kier molecular flexibility index (Phi) is 13.3. The van der Waals surface area contributed by atoms with E-state index in [0.717, 1.165) is 22.3 Å². The van der Waals surface area contributed by atoms with Gasteiger partial charge in [-0.15, -0.1) is 0 Å². The third-order valence-electron chi connectivity index (χ3n) is 10.9. The first-order chi connectivity index (χ1) is 29.2. The predicted molar refractivity (Wildman–Crippen MR) is 226 cm³/mol. The molecule has 6 aromatic carbocycles. The molecule has 0 radical (unpaired) electrons. The Bertz CT molecular complexity index is 2170. The Morgan fingerprint density at radius 1 is 0.383 bits per heavy atom. The van der Waals surface area contributed by atoms with Gasteiger partial charge in [-0.1, -0.05) is 121 Å². The zero-order chi connectivity index (χ0) is 41.8. The average Bonchev–Trinajstić information content (AvgIpc) is 3.26. The van der Waals surface area contributed by atoms with Crippen molar-refractivity contribution in [2.45, 2.75) is 39.0 Å². The van der Waals surface area contributed by atoms with E-state index in [-0.39, 0.29) is 26.2 Å². The van der Waals surface area contributed by atoms with Crippen LogP contribution in [0, 0.1) is 23.7 Å². The van der Waals surface area contributed by atoms with Gasteiger partial charge in [0.1, 0.15) is 23.0 Å². The largest absolute Gasteiger partial charge is 0.481 e. The number of carboxylic acids is 2. The van der Waals surface area contributed by atoms with E-state index in [0.29, 0.717) is 23.0 Å². The minimum atomic E-state index is -1.17. The van der Waals surface area contributed by atoms with E-state index in [9.17, 15) is 19.8 Å². The number of nitrogens with zero attached hydrogens (tertiary/aromatic N) is 2. The lowest BCUT2D eigenvalue weighted by Gasteiger charge is -2.52. The summed E-state index contributed by atoms with van der Waals surface area (Å²) in [4.78, 5) is 58.2. The molecule has 4 atom stereocenters. The molecule has 304 valence electrons. The number of ether oxygens (including phenoxy) is 2. The number of aliphatic carboxylic acids is 2. The molecular weight excluding hydrogens is 757 g/mol. The molecular formula is C50H46N2O8. The van der Waals surface area contributed by atoms with Crippen molar-refractivity contribution in [1.82, 2.24) is 9.80 Å². The van der Waals surface area contributed by atoms with Crippen molar-refractivity contribution in [2.24, 2.45) is 23.7 Å². The first kappa shape index (κ1) is 41.0. The highest BCUT2D eigenvalue weighted by Crippen LogP contribution is 2.52. The topological polar surface area (TPSA) is 134 Å². The highest BCUT2D eigenvalue weighted by atomic mass is 16.5. The minimum absolute atomic E-state index is 0.158. The van der Waals surface area contributed by atoms with Crippen LogP contribution in [-0.4, -0.2) is 43.8 Å². The van der Waals surface area contributed by atoms with E-state index in [4.69, 9.17) is 9.47 Å². The van der Waals surface area contributed by atoms with Crippen LogP contribution < -0.4 is 9.47 Å². The summed E-state index contributed by atoms with van der Waals surface area (Å²) in [5.41, 5.74) is 3.28. The molecule has 7 rings (SSSR count). The van der Waals surface area contributed by atoms with Crippen LogP contribution in [0.15, 0.2) is 170 Å². The fourth-order valence-electron chi connectivity index (χ4n) is 8.02. The number of carbonyl (C=O) groups excluding carboxylic acids is 2. The Morgan fingerprint density at radius 2 is 0.650 bits per heavy atom. The Labute approximate surface area is 349 Å². The van der Waals surface area contributed by atoms with Crippen molar-refractivity contribution in [2.75, 3.05) is 0 Å². The molecule has 2 amide bonds. The number of carboxylic acid groups (broad SMARTS) is 2. The van der Waals surface area contributed by atoms with Gasteiger partial charge in [-0.25, -0.2) is 0 Å². The number of para-hydroxylation sites is 2. The fraction of sp³-hybridized carbons (Fsp3) is 0.200. The van der Waals surface area contributed by atoms with Gasteiger partial charge in [-0.05, 0) is 82.6 Å². The second-order valence-corrected chi connectivity index (χ2v) is 15.1. The summed E-state index contributed by atoms with van der Waals surface area (Å²) in [6, 6.07) is 52.4. The van der Waals surface area contributed by atoms with Crippen LogP contribution in [0.2, 0.25) is 0 Å². The zero-order valence-electron chi connectivity index (χ0n) is 33.0. The van der Waals surface area contributed by atoms with Crippen LogP contribution in [0.25, 0.3) is 0 Å². The van der Waals surface area contributed by atoms with Gasteiger partial charge in [-0.2, -0.15) is 0 Å². The second kappa shape index (κ2) is 19.5. The van der Waals surface area contributed by atoms with Crippen molar-refractivity contribution in [3.63, 3.8) is 0 Å². The van der Waals surface area contributed by atoms with Crippen molar-refractivity contribution in [3.8, 4) is 23.0 Å². The molecule has 0 aromatic heterocycles. The zero-order valence-corrected chi connectivity index (χ0v) is 33.0. The summed E-state index contributed by atoms with van der Waals surface area (Å²) in [6.07, 6.45) is -0.908. The molecule has 1 aliphatic rings. The monoisotopic (exact) mass is 802 g/mol. The van der Waals surface area contributed by atoms with E-state index >= 15 is 9.59 Å². The average molecular weight is 803 g/mol. The van der Waals surface area contributed by atoms with E-state index < -0.39 is 60.3 Å². The molecule has 10 heteroatoms. The highest BCUT2D eigenvalue weighted by Gasteiger charge is 2.59. The first-order valence-electron chi connectivity index (χ1n) is 19.9. The van der Waals surface area contributed by atoms with Gasteiger partial charge in [-0.3, -0.25) is 19.2 Å². The van der Waals surface area contributed by atoms with Crippen LogP contribution in [0.3, 0.4) is 0 Å². The summed E-state index contributed by atoms with van der Waals surface area (Å²) in [5.74, 6) is -4.47. The van der Waals surface area contributed by atoms with Crippen molar-refractivity contribution in [3.05, 3.63) is 192 Å². The molecule has 0 bridgehead atoms. The van der Waals surface area contributed by atoms with Crippen molar-refractivity contribution < 1.29 is 38.9 Å². The number of amides is 2. The van der Waals surface area contributed by atoms with Gasteiger partial charge >= 0.3 is 11.9 Å². The lowest BCUT2D eigenvalue weighted by Crippen LogP contribution is -2.60. The standard InChI is InChI=1S/C50H46N2O8/c53-45(54)29-43-44(30-46(55)56)48(50(58)52(32-36-15-7-2-8-16-36)34-38-23-27-42(28-24-38)60-40-19-11-4-12-20-40)47(43)49(57)51(31-35-13-5-1-6-14-35)33-37-21-25-41(26-22-37)59-39-17-9-3-10-18-39/h1-28,43-44,47-48H,29-34H2,(H,53,54)(H,55,56). The molecule has 2 N–H and O–H groups in total. The Balaban J connectivity index is 1.20. The van der Waals surface area contributed by atoms with Crippen LogP contribution >= 0.6 is 0 Å². The first-order valence-corrected chi connectivity index (χ1v) is 19.9. The van der Waals surface area contributed by atoms with Gasteiger partial charge in [0, 0.05) is 39.0 Å². The quantitative estimate of drug-likeness (QED) is 0.0879. The number of carbonyl (C=O) groups is 4. The molecule has 0 saturated heterocycles. The highest BCUT2D eigenvalue weighted by molar-refractivity contribution is 5.91. The molecule has 10 nitrogen and oxygen atoms in total. The molecule has 1 fully saturated rings. The van der Waals surface area contributed by atoms with E-state index in [1.54, 1.807) is 9.80 Å². The van der Waals surface area contributed by atoms with Gasteiger partial charge in [0.05, 0.1) is 11.8 Å². The predicted octanol–water partition coefficient (Wildman–Crippen LogP) is 9.46. The van der Waals surface area contributed by atoms with Crippen LogP contribution in [-0.2, 0) is 45.4 Å². The lowest BCUT2D eigenvalue weighted by molar-refractivity contribution is -0.174. The Hall–Kier alpha value is -7.20. The SMILES string of the molecule is O=C(O)CC1C(CC(=O)O)C(C(=O)N(Cc2ccccc2)Cc2ccc(Oc3ccccc3)cc2)C1C(=O)N(Cc1ccccc1)Cc1ccc(Oc2ccccc2)cc1. The number of hydrogen-bond donors (Lipinski definition) is 2. The minimum Gasteiger partial charge on any atom is -0.481 e. The lowest BCUT2D eigenvalue weighted by atomic mass is 9.53. The maximum atomic E-state index is 15.1. The molecule has 1 saturated carbocycles. The van der Waals surface area contributed by atoms with Crippen LogP contribution in [0.4, 0.5) is 0 Å². The Morgan fingerprint density at radius 3 is 0.950 bits per heavy atom. The molecule has 0 aliphatic heterocycles. The normalized spacial score (nSPS) is 16.8. The van der Waals surface area contributed by atoms with Crippen molar-refractivity contribution >= 4 is 23.8 Å². The summed E-state index contributed by atoms with van der Waals surface area (Å²) in [5, 5.41) is 20.2. The van der Waals surface area contributed by atoms with E-state index in [1.165, 1.54) is 0 Å². The number of benzene rings is 6. The van der Waals surface area contributed by atoms with Gasteiger partial charge in [0.25, 0.3) is 0 Å². The fourth-order valence-corrected chi connectivity index (χ4v) is 8.02. The number of hydrogen-bond acceptors (Lipinski definition) is 6. The summed E-state index contributed by atoms with van der Waals surface area (Å²) in [7, 11) is 0. The molecule has 4 unspecified atom stereocenters. The molecule has 1 aliphatic carbocycles. The van der Waals surface area contributed by atoms with Crippen LogP contribution in [0.1, 0.15) is 35.1 Å².